The second kappa shape index (κ2) is 8.97. The van der Waals surface area contributed by atoms with Crippen LogP contribution in [0.3, 0.4) is 0 Å². The fourth-order valence-electron chi connectivity index (χ4n) is 3.51. The van der Waals surface area contributed by atoms with Gasteiger partial charge in [0.25, 0.3) is 5.91 Å². The van der Waals surface area contributed by atoms with Crippen molar-refractivity contribution in [3.8, 4) is 0 Å². The largest absolute Gasteiger partial charge is 0.350 e. The first-order valence-corrected chi connectivity index (χ1v) is 11.5. The normalized spacial score (nSPS) is 16.7. The predicted octanol–water partition coefficient (Wildman–Crippen LogP) is 2.35. The van der Waals surface area contributed by atoms with E-state index < -0.39 is 15.9 Å². The van der Waals surface area contributed by atoms with Gasteiger partial charge in [0, 0.05) is 18.5 Å². The standard InChI is InChI=1S/C22H27N3O4S/c1-4-16-8-10-17(11-9-16)20(24(2)3)15-23-22(27)18-6-5-7-19(14-18)25-21(26)12-13-30(25,28)29/h5-11,14,20H,4,12-13,15H2,1-3H3,(H,23,27)/t20-/m0/s1. The molecule has 0 saturated carbocycles. The summed E-state index contributed by atoms with van der Waals surface area (Å²) in [5, 5.41) is 2.92. The molecule has 2 aromatic carbocycles. The molecule has 0 bridgehead atoms. The summed E-state index contributed by atoms with van der Waals surface area (Å²) in [5.74, 6) is -1.00. The summed E-state index contributed by atoms with van der Waals surface area (Å²) >= 11 is 0. The number of nitrogens with one attached hydrogen (secondary N) is 1. The average molecular weight is 430 g/mol. The van der Waals surface area contributed by atoms with Gasteiger partial charge in [0.2, 0.25) is 15.9 Å². The SMILES string of the molecule is CCc1ccc([C@H](CNC(=O)c2cccc(N3C(=O)CCS3(=O)=O)c2)N(C)C)cc1. The van der Waals surface area contributed by atoms with Crippen LogP contribution in [0.15, 0.2) is 48.5 Å². The number of carbonyl (C=O) groups excluding carboxylic acids is 2. The molecule has 0 spiro atoms. The van der Waals surface area contributed by atoms with E-state index in [2.05, 4.69) is 36.5 Å². The highest BCUT2D eigenvalue weighted by atomic mass is 32.2. The molecule has 1 fully saturated rings. The van der Waals surface area contributed by atoms with Crippen LogP contribution in [-0.4, -0.2) is 51.5 Å². The zero-order valence-electron chi connectivity index (χ0n) is 17.5. The van der Waals surface area contributed by atoms with Crippen molar-refractivity contribution < 1.29 is 18.0 Å². The number of likely N-dealkylation sites (N-methyl/N-ethyl adjacent to an activating group) is 1. The summed E-state index contributed by atoms with van der Waals surface area (Å²) in [5.41, 5.74) is 2.86. The number of nitrogens with zero attached hydrogens (tertiary/aromatic N) is 2. The Kier molecular flexibility index (Phi) is 6.58. The van der Waals surface area contributed by atoms with Crippen molar-refractivity contribution in [1.82, 2.24) is 10.2 Å². The fourth-order valence-corrected chi connectivity index (χ4v) is 4.96. The van der Waals surface area contributed by atoms with Gasteiger partial charge in [-0.3, -0.25) is 9.59 Å². The maximum Gasteiger partial charge on any atom is 0.251 e. The van der Waals surface area contributed by atoms with Gasteiger partial charge in [0.15, 0.2) is 0 Å². The predicted molar refractivity (Wildman–Crippen MR) is 117 cm³/mol. The molecule has 1 N–H and O–H groups in total. The molecule has 1 saturated heterocycles. The molecule has 0 unspecified atom stereocenters. The molecule has 0 radical (unpaired) electrons. The monoisotopic (exact) mass is 429 g/mol. The number of benzene rings is 2. The third-order valence-corrected chi connectivity index (χ3v) is 6.96. The van der Waals surface area contributed by atoms with Crippen LogP contribution in [0.25, 0.3) is 0 Å². The molecule has 3 rings (SSSR count). The highest BCUT2D eigenvalue weighted by molar-refractivity contribution is 7.94. The summed E-state index contributed by atoms with van der Waals surface area (Å²) in [4.78, 5) is 26.8. The Morgan fingerprint density at radius 1 is 1.17 bits per heavy atom. The van der Waals surface area contributed by atoms with E-state index in [9.17, 15) is 18.0 Å². The van der Waals surface area contributed by atoms with Gasteiger partial charge >= 0.3 is 0 Å². The summed E-state index contributed by atoms with van der Waals surface area (Å²) in [6.07, 6.45) is 0.926. The lowest BCUT2D eigenvalue weighted by molar-refractivity contribution is -0.116. The molecular formula is C22H27N3O4S. The minimum atomic E-state index is -3.67. The third kappa shape index (κ3) is 4.71. The Labute approximate surface area is 177 Å². The van der Waals surface area contributed by atoms with Crippen molar-refractivity contribution >= 4 is 27.5 Å². The fraction of sp³-hybridized carbons (Fsp3) is 0.364. The van der Waals surface area contributed by atoms with Gasteiger partial charge in [-0.05, 0) is 49.8 Å². The minimum absolute atomic E-state index is 0.0106. The highest BCUT2D eigenvalue weighted by Crippen LogP contribution is 2.26. The van der Waals surface area contributed by atoms with Crippen molar-refractivity contribution in [3.05, 3.63) is 65.2 Å². The smallest absolute Gasteiger partial charge is 0.251 e. The molecular weight excluding hydrogens is 402 g/mol. The molecule has 1 aliphatic heterocycles. The highest BCUT2D eigenvalue weighted by Gasteiger charge is 2.36. The Hall–Kier alpha value is -2.71. The molecule has 160 valence electrons. The number of hydrogen-bond donors (Lipinski definition) is 1. The van der Waals surface area contributed by atoms with E-state index >= 15 is 0 Å². The molecule has 30 heavy (non-hydrogen) atoms. The van der Waals surface area contributed by atoms with Gasteiger partial charge in [-0.15, -0.1) is 0 Å². The van der Waals surface area contributed by atoms with Gasteiger partial charge in [-0.1, -0.05) is 37.3 Å². The number of anilines is 1. The van der Waals surface area contributed by atoms with Crippen molar-refractivity contribution in [2.24, 2.45) is 0 Å². The van der Waals surface area contributed by atoms with Gasteiger partial charge in [0.05, 0.1) is 17.5 Å². The van der Waals surface area contributed by atoms with Crippen molar-refractivity contribution in [1.29, 1.82) is 0 Å². The van der Waals surface area contributed by atoms with Crippen LogP contribution < -0.4 is 9.62 Å². The number of hydrogen-bond acceptors (Lipinski definition) is 5. The van der Waals surface area contributed by atoms with E-state index in [1.54, 1.807) is 12.1 Å². The number of sulfonamides is 1. The van der Waals surface area contributed by atoms with Gasteiger partial charge < -0.3 is 10.2 Å². The van der Waals surface area contributed by atoms with Gasteiger partial charge in [-0.25, -0.2) is 12.7 Å². The molecule has 8 heteroatoms. The number of carbonyl (C=O) groups is 2. The van der Waals surface area contributed by atoms with E-state index in [1.807, 2.05) is 19.0 Å². The summed E-state index contributed by atoms with van der Waals surface area (Å²) in [7, 11) is 0.242. The Balaban J connectivity index is 1.74. The Bertz CT molecular complexity index is 1030. The first-order valence-electron chi connectivity index (χ1n) is 9.92. The summed E-state index contributed by atoms with van der Waals surface area (Å²) in [6.45, 7) is 2.50. The van der Waals surface area contributed by atoms with Gasteiger partial charge in [0.1, 0.15) is 0 Å². The summed E-state index contributed by atoms with van der Waals surface area (Å²) in [6, 6.07) is 14.5. The molecule has 0 aliphatic carbocycles. The number of aryl methyl sites for hydroxylation is 1. The van der Waals surface area contributed by atoms with Crippen LogP contribution in [0.4, 0.5) is 5.69 Å². The lowest BCUT2D eigenvalue weighted by Gasteiger charge is -2.25. The van der Waals surface area contributed by atoms with Crippen LogP contribution in [0.5, 0.6) is 0 Å². The van der Waals surface area contributed by atoms with E-state index in [-0.39, 0.29) is 29.8 Å². The van der Waals surface area contributed by atoms with Crippen molar-refractivity contribution in [3.63, 3.8) is 0 Å². The molecule has 1 aliphatic rings. The molecule has 1 heterocycles. The second-order valence-corrected chi connectivity index (χ2v) is 9.50. The van der Waals surface area contributed by atoms with Crippen LogP contribution >= 0.6 is 0 Å². The quantitative estimate of drug-likeness (QED) is 0.730. The molecule has 0 aromatic heterocycles. The van der Waals surface area contributed by atoms with Gasteiger partial charge in [-0.2, -0.15) is 0 Å². The average Bonchev–Trinajstić information content (AvgIpc) is 3.00. The van der Waals surface area contributed by atoms with Crippen molar-refractivity contribution in [2.75, 3.05) is 30.7 Å². The summed E-state index contributed by atoms with van der Waals surface area (Å²) < 4.78 is 25.1. The maximum atomic E-state index is 12.7. The van der Waals surface area contributed by atoms with Crippen molar-refractivity contribution in [2.45, 2.75) is 25.8 Å². The lowest BCUT2D eigenvalue weighted by Crippen LogP contribution is -2.35. The Morgan fingerprint density at radius 3 is 2.43 bits per heavy atom. The van der Waals surface area contributed by atoms with Crippen LogP contribution in [0, 0.1) is 0 Å². The van der Waals surface area contributed by atoms with E-state index in [0.29, 0.717) is 12.1 Å². The molecule has 2 amide bonds. The van der Waals surface area contributed by atoms with E-state index in [1.165, 1.54) is 17.7 Å². The van der Waals surface area contributed by atoms with E-state index in [0.717, 1.165) is 16.3 Å². The van der Waals surface area contributed by atoms with Crippen LogP contribution in [-0.2, 0) is 21.2 Å². The number of amides is 2. The lowest BCUT2D eigenvalue weighted by atomic mass is 10.0. The van der Waals surface area contributed by atoms with E-state index in [4.69, 9.17) is 0 Å². The topological polar surface area (TPSA) is 86.8 Å². The number of rotatable bonds is 7. The zero-order chi connectivity index (χ0) is 21.9. The first-order chi connectivity index (χ1) is 14.2. The van der Waals surface area contributed by atoms with Crippen LogP contribution in [0.2, 0.25) is 0 Å². The van der Waals surface area contributed by atoms with Crippen LogP contribution in [0.1, 0.15) is 40.9 Å². The molecule has 2 aromatic rings. The second-order valence-electron chi connectivity index (χ2n) is 7.56. The zero-order valence-corrected chi connectivity index (χ0v) is 18.3. The third-order valence-electron chi connectivity index (χ3n) is 5.27. The first kappa shape index (κ1) is 22.0. The molecule has 7 nitrogen and oxygen atoms in total. The molecule has 1 atom stereocenters. The maximum absolute atomic E-state index is 12.7. The minimum Gasteiger partial charge on any atom is -0.350 e. The Morgan fingerprint density at radius 2 is 1.87 bits per heavy atom.